The van der Waals surface area contributed by atoms with Crippen LogP contribution >= 0.6 is 22.9 Å². The average Bonchev–Trinajstić information content (AvgIpc) is 2.31. The van der Waals surface area contributed by atoms with Crippen molar-refractivity contribution >= 4 is 22.9 Å². The number of hydrogen-bond acceptors (Lipinski definition) is 2. The summed E-state index contributed by atoms with van der Waals surface area (Å²) in [6, 6.07) is 3.99. The summed E-state index contributed by atoms with van der Waals surface area (Å²) in [5.41, 5.74) is 5.35. The molecular weight excluding hydrogens is 166 g/mol. The van der Waals surface area contributed by atoms with Gasteiger partial charge in [0.05, 0.1) is 4.34 Å². The molecule has 2 N–H and O–H groups in total. The zero-order chi connectivity index (χ0) is 7.40. The lowest BCUT2D eigenvalue weighted by atomic mass is 10.3. The van der Waals surface area contributed by atoms with Crippen molar-refractivity contribution < 1.29 is 0 Å². The SMILES string of the molecule is NCCCc1ccc(Cl)s1. The van der Waals surface area contributed by atoms with Crippen molar-refractivity contribution in [2.24, 2.45) is 5.73 Å². The molecule has 1 nitrogen and oxygen atoms in total. The summed E-state index contributed by atoms with van der Waals surface area (Å²) in [6.45, 7) is 0.759. The first kappa shape index (κ1) is 8.05. The summed E-state index contributed by atoms with van der Waals surface area (Å²) < 4.78 is 0.868. The quantitative estimate of drug-likeness (QED) is 0.750. The zero-order valence-corrected chi connectivity index (χ0v) is 7.21. The van der Waals surface area contributed by atoms with Crippen LogP contribution in [0.1, 0.15) is 11.3 Å². The van der Waals surface area contributed by atoms with Crippen LogP contribution in [-0.4, -0.2) is 6.54 Å². The molecular formula is C7H10ClNS. The van der Waals surface area contributed by atoms with E-state index in [1.807, 2.05) is 6.07 Å². The van der Waals surface area contributed by atoms with Crippen LogP contribution in [0.5, 0.6) is 0 Å². The van der Waals surface area contributed by atoms with Gasteiger partial charge in [-0.1, -0.05) is 11.6 Å². The maximum Gasteiger partial charge on any atom is 0.0931 e. The lowest BCUT2D eigenvalue weighted by molar-refractivity contribution is 0.843. The van der Waals surface area contributed by atoms with Gasteiger partial charge < -0.3 is 5.73 Å². The largest absolute Gasteiger partial charge is 0.330 e. The molecule has 0 radical (unpaired) electrons. The smallest absolute Gasteiger partial charge is 0.0931 e. The van der Waals surface area contributed by atoms with E-state index in [4.69, 9.17) is 17.3 Å². The zero-order valence-electron chi connectivity index (χ0n) is 5.64. The number of hydrogen-bond donors (Lipinski definition) is 1. The molecule has 1 rings (SSSR count). The van der Waals surface area contributed by atoms with Gasteiger partial charge in [0.25, 0.3) is 0 Å². The molecule has 0 atom stereocenters. The van der Waals surface area contributed by atoms with Crippen molar-refractivity contribution in [1.29, 1.82) is 0 Å². The molecule has 1 aromatic rings. The summed E-state index contributed by atoms with van der Waals surface area (Å²) in [5.74, 6) is 0. The molecule has 0 unspecified atom stereocenters. The van der Waals surface area contributed by atoms with E-state index in [-0.39, 0.29) is 0 Å². The lowest BCUT2D eigenvalue weighted by Crippen LogP contribution is -1.98. The van der Waals surface area contributed by atoms with E-state index >= 15 is 0 Å². The average molecular weight is 176 g/mol. The topological polar surface area (TPSA) is 26.0 Å². The fraction of sp³-hybridized carbons (Fsp3) is 0.429. The van der Waals surface area contributed by atoms with Crippen molar-refractivity contribution in [3.8, 4) is 0 Å². The Morgan fingerprint density at radius 2 is 2.30 bits per heavy atom. The highest BCUT2D eigenvalue weighted by Gasteiger charge is 1.95. The Kier molecular flexibility index (Phi) is 3.19. The van der Waals surface area contributed by atoms with Crippen molar-refractivity contribution in [3.05, 3.63) is 21.3 Å². The van der Waals surface area contributed by atoms with E-state index in [1.54, 1.807) is 11.3 Å². The molecule has 0 aliphatic rings. The van der Waals surface area contributed by atoms with Gasteiger partial charge in [-0.25, -0.2) is 0 Å². The number of nitrogens with two attached hydrogens (primary N) is 1. The fourth-order valence-corrected chi connectivity index (χ4v) is 1.89. The van der Waals surface area contributed by atoms with Gasteiger partial charge >= 0.3 is 0 Å². The molecule has 0 aromatic carbocycles. The molecule has 1 heterocycles. The first-order valence-corrected chi connectivity index (χ1v) is 4.46. The fourth-order valence-electron chi connectivity index (χ4n) is 0.762. The summed E-state index contributed by atoms with van der Waals surface area (Å²) in [7, 11) is 0. The normalized spacial score (nSPS) is 10.2. The van der Waals surface area contributed by atoms with Gasteiger partial charge in [0.2, 0.25) is 0 Å². The predicted molar refractivity (Wildman–Crippen MR) is 46.7 cm³/mol. The monoisotopic (exact) mass is 175 g/mol. The maximum absolute atomic E-state index is 5.73. The van der Waals surface area contributed by atoms with Gasteiger partial charge in [-0.15, -0.1) is 11.3 Å². The van der Waals surface area contributed by atoms with Crippen LogP contribution in [0.15, 0.2) is 12.1 Å². The van der Waals surface area contributed by atoms with Crippen LogP contribution in [-0.2, 0) is 6.42 Å². The Hall–Kier alpha value is -0.0500. The third-order valence-electron chi connectivity index (χ3n) is 1.26. The Labute approximate surface area is 69.8 Å². The molecule has 0 saturated heterocycles. The van der Waals surface area contributed by atoms with Crippen molar-refractivity contribution in [1.82, 2.24) is 0 Å². The molecule has 0 aliphatic heterocycles. The minimum Gasteiger partial charge on any atom is -0.330 e. The Balaban J connectivity index is 2.42. The molecule has 0 amide bonds. The Bertz CT molecular complexity index is 197. The number of halogens is 1. The highest BCUT2D eigenvalue weighted by Crippen LogP contribution is 2.22. The Morgan fingerprint density at radius 3 is 2.80 bits per heavy atom. The van der Waals surface area contributed by atoms with Crippen molar-refractivity contribution in [2.75, 3.05) is 6.54 Å². The minimum atomic E-state index is 0.759. The molecule has 0 aliphatic carbocycles. The van der Waals surface area contributed by atoms with Crippen LogP contribution in [0.25, 0.3) is 0 Å². The lowest BCUT2D eigenvalue weighted by Gasteiger charge is -1.90. The van der Waals surface area contributed by atoms with E-state index in [9.17, 15) is 0 Å². The third kappa shape index (κ3) is 2.29. The van der Waals surface area contributed by atoms with Crippen LogP contribution in [0.4, 0.5) is 0 Å². The van der Waals surface area contributed by atoms with Crippen molar-refractivity contribution in [3.63, 3.8) is 0 Å². The third-order valence-corrected chi connectivity index (χ3v) is 2.55. The highest BCUT2D eigenvalue weighted by molar-refractivity contribution is 7.16. The van der Waals surface area contributed by atoms with Crippen LogP contribution in [0, 0.1) is 0 Å². The van der Waals surface area contributed by atoms with Gasteiger partial charge in [-0.2, -0.15) is 0 Å². The standard InChI is InChI=1S/C7H10ClNS/c8-7-4-3-6(10-7)2-1-5-9/h3-4H,1-2,5,9H2. The van der Waals surface area contributed by atoms with Crippen molar-refractivity contribution in [2.45, 2.75) is 12.8 Å². The second-order valence-corrected chi connectivity index (χ2v) is 3.90. The van der Waals surface area contributed by atoms with Crippen LogP contribution in [0.2, 0.25) is 4.34 Å². The molecule has 0 fully saturated rings. The number of thiophene rings is 1. The highest BCUT2D eigenvalue weighted by atomic mass is 35.5. The van der Waals surface area contributed by atoms with E-state index in [0.717, 1.165) is 23.7 Å². The van der Waals surface area contributed by atoms with E-state index in [2.05, 4.69) is 6.07 Å². The molecule has 0 bridgehead atoms. The van der Waals surface area contributed by atoms with E-state index < -0.39 is 0 Å². The number of rotatable bonds is 3. The molecule has 1 aromatic heterocycles. The maximum atomic E-state index is 5.73. The summed E-state index contributed by atoms with van der Waals surface area (Å²) in [6.07, 6.45) is 2.12. The molecule has 0 spiro atoms. The van der Waals surface area contributed by atoms with Crippen LogP contribution in [0.3, 0.4) is 0 Å². The summed E-state index contributed by atoms with van der Waals surface area (Å²) in [4.78, 5) is 1.33. The van der Waals surface area contributed by atoms with Gasteiger partial charge in [0.15, 0.2) is 0 Å². The Morgan fingerprint density at radius 1 is 1.50 bits per heavy atom. The van der Waals surface area contributed by atoms with Gasteiger partial charge in [0, 0.05) is 4.88 Å². The van der Waals surface area contributed by atoms with Crippen LogP contribution < -0.4 is 5.73 Å². The second-order valence-electron chi connectivity index (χ2n) is 2.10. The van der Waals surface area contributed by atoms with E-state index in [1.165, 1.54) is 4.88 Å². The molecule has 10 heavy (non-hydrogen) atoms. The second kappa shape index (κ2) is 3.96. The van der Waals surface area contributed by atoms with Gasteiger partial charge in [-0.05, 0) is 31.5 Å². The minimum absolute atomic E-state index is 0.759. The first-order chi connectivity index (χ1) is 4.83. The molecule has 56 valence electrons. The predicted octanol–water partition coefficient (Wildman–Crippen LogP) is 2.29. The molecule has 0 saturated carbocycles. The molecule has 3 heteroatoms. The summed E-state index contributed by atoms with van der Waals surface area (Å²) >= 11 is 7.36. The van der Waals surface area contributed by atoms with Gasteiger partial charge in [-0.3, -0.25) is 0 Å². The van der Waals surface area contributed by atoms with Gasteiger partial charge in [0.1, 0.15) is 0 Å². The number of aryl methyl sites for hydroxylation is 1. The van der Waals surface area contributed by atoms with E-state index in [0.29, 0.717) is 0 Å². The summed E-state index contributed by atoms with van der Waals surface area (Å²) in [5, 5.41) is 0. The first-order valence-electron chi connectivity index (χ1n) is 3.27.